The third-order valence-electron chi connectivity index (χ3n) is 2.97. The lowest BCUT2D eigenvalue weighted by atomic mass is 9.96. The number of aliphatic hydroxyl groups is 1. The minimum absolute atomic E-state index is 0.0914. The molecule has 0 saturated carbocycles. The number of aryl methyl sites for hydroxylation is 1. The summed E-state index contributed by atoms with van der Waals surface area (Å²) in [6.07, 6.45) is 0. The summed E-state index contributed by atoms with van der Waals surface area (Å²) in [7, 11) is 0. The molecule has 0 fully saturated rings. The van der Waals surface area contributed by atoms with Gasteiger partial charge in [0.25, 0.3) is 0 Å². The van der Waals surface area contributed by atoms with Crippen LogP contribution in [0.15, 0.2) is 34.9 Å². The molecule has 1 aromatic heterocycles. The Balaban J connectivity index is 1.80. The lowest BCUT2D eigenvalue weighted by molar-refractivity contribution is 0.0594. The van der Waals surface area contributed by atoms with E-state index in [1.165, 1.54) is 0 Å². The van der Waals surface area contributed by atoms with E-state index in [1.54, 1.807) is 13.8 Å². The molecular weight excluding hydrogens is 272 g/mol. The maximum atomic E-state index is 11.7. The maximum Gasteiger partial charge on any atom is 0.315 e. The van der Waals surface area contributed by atoms with Gasteiger partial charge in [-0.15, -0.1) is 0 Å². The van der Waals surface area contributed by atoms with Gasteiger partial charge >= 0.3 is 6.03 Å². The van der Waals surface area contributed by atoms with Crippen molar-refractivity contribution >= 4 is 6.03 Å². The quantitative estimate of drug-likeness (QED) is 0.765. The molecule has 21 heavy (non-hydrogen) atoms. The Bertz CT molecular complexity index is 595. The van der Waals surface area contributed by atoms with E-state index in [0.717, 1.165) is 5.56 Å². The van der Waals surface area contributed by atoms with Gasteiger partial charge in [0.15, 0.2) is 5.82 Å². The zero-order valence-corrected chi connectivity index (χ0v) is 12.0. The highest BCUT2D eigenvalue weighted by Crippen LogP contribution is 2.18. The van der Waals surface area contributed by atoms with Crippen LogP contribution in [0.5, 0.6) is 0 Å². The number of carbonyl (C=O) groups excluding carboxylic acids is 1. The van der Waals surface area contributed by atoms with Gasteiger partial charge in [-0.05, 0) is 12.5 Å². The summed E-state index contributed by atoms with van der Waals surface area (Å²) in [5.74, 6) is 0.844. The highest BCUT2D eigenvalue weighted by molar-refractivity contribution is 5.73. The molecule has 0 aliphatic carbocycles. The predicted molar refractivity (Wildman–Crippen MR) is 75.3 cm³/mol. The third kappa shape index (κ3) is 4.28. The molecular formula is C14H18N4O3. The molecule has 7 heteroatoms. The van der Waals surface area contributed by atoms with Crippen LogP contribution in [0.25, 0.3) is 0 Å². The SMILES string of the molecule is Cc1nc(CNC(=O)NCC(C)(O)c2ccccc2)no1. The first-order chi connectivity index (χ1) is 9.97. The number of nitrogens with one attached hydrogen (secondary N) is 2. The van der Waals surface area contributed by atoms with Crippen molar-refractivity contribution in [2.24, 2.45) is 0 Å². The number of aromatic nitrogens is 2. The molecule has 1 aromatic carbocycles. The fraction of sp³-hybridized carbons (Fsp3) is 0.357. The summed E-state index contributed by atoms with van der Waals surface area (Å²) < 4.78 is 4.80. The van der Waals surface area contributed by atoms with Gasteiger partial charge in [-0.25, -0.2) is 4.79 Å². The number of nitrogens with zero attached hydrogens (tertiary/aromatic N) is 2. The molecule has 0 spiro atoms. The molecule has 0 aliphatic heterocycles. The van der Waals surface area contributed by atoms with E-state index in [2.05, 4.69) is 20.8 Å². The first kappa shape index (κ1) is 15.0. The first-order valence-corrected chi connectivity index (χ1v) is 6.56. The first-order valence-electron chi connectivity index (χ1n) is 6.56. The molecule has 7 nitrogen and oxygen atoms in total. The number of amides is 2. The Morgan fingerprint density at radius 3 is 2.67 bits per heavy atom. The predicted octanol–water partition coefficient (Wildman–Crippen LogP) is 1.08. The lowest BCUT2D eigenvalue weighted by Gasteiger charge is -2.24. The number of carbonyl (C=O) groups is 1. The average molecular weight is 290 g/mol. The second-order valence-corrected chi connectivity index (χ2v) is 4.91. The normalized spacial score (nSPS) is 13.5. The fourth-order valence-electron chi connectivity index (χ4n) is 1.79. The van der Waals surface area contributed by atoms with Gasteiger partial charge in [0.1, 0.15) is 5.60 Å². The molecule has 0 radical (unpaired) electrons. The van der Waals surface area contributed by atoms with Gasteiger partial charge in [0.05, 0.1) is 13.1 Å². The van der Waals surface area contributed by atoms with Crippen molar-refractivity contribution in [1.29, 1.82) is 0 Å². The molecule has 1 unspecified atom stereocenters. The van der Waals surface area contributed by atoms with Gasteiger partial charge in [0.2, 0.25) is 5.89 Å². The van der Waals surface area contributed by atoms with Crippen molar-refractivity contribution in [1.82, 2.24) is 20.8 Å². The largest absolute Gasteiger partial charge is 0.384 e. The van der Waals surface area contributed by atoms with E-state index in [0.29, 0.717) is 11.7 Å². The minimum Gasteiger partial charge on any atom is -0.384 e. The van der Waals surface area contributed by atoms with E-state index in [-0.39, 0.29) is 13.1 Å². The van der Waals surface area contributed by atoms with E-state index in [4.69, 9.17) is 4.52 Å². The Morgan fingerprint density at radius 1 is 1.33 bits per heavy atom. The summed E-state index contributed by atoms with van der Waals surface area (Å²) >= 11 is 0. The molecule has 112 valence electrons. The molecule has 2 aromatic rings. The molecule has 0 aliphatic rings. The Labute approximate surface area is 122 Å². The Morgan fingerprint density at radius 2 is 2.05 bits per heavy atom. The van der Waals surface area contributed by atoms with Crippen molar-refractivity contribution in [2.45, 2.75) is 26.0 Å². The molecule has 2 rings (SSSR count). The number of hydrogen-bond acceptors (Lipinski definition) is 5. The Hall–Kier alpha value is -2.41. The standard InChI is InChI=1S/C14H18N4O3/c1-10-17-12(18-21-10)8-15-13(19)16-9-14(2,20)11-6-4-3-5-7-11/h3-7,20H,8-9H2,1-2H3,(H2,15,16,19). The van der Waals surface area contributed by atoms with Gasteiger partial charge in [0, 0.05) is 6.92 Å². The van der Waals surface area contributed by atoms with Crippen molar-refractivity contribution in [2.75, 3.05) is 6.54 Å². The van der Waals surface area contributed by atoms with Gasteiger partial charge in [-0.3, -0.25) is 0 Å². The van der Waals surface area contributed by atoms with E-state index < -0.39 is 11.6 Å². The summed E-state index contributed by atoms with van der Waals surface area (Å²) in [6, 6.07) is 8.74. The summed E-state index contributed by atoms with van der Waals surface area (Å²) in [5, 5.41) is 19.2. The second-order valence-electron chi connectivity index (χ2n) is 4.91. The molecule has 0 bridgehead atoms. The summed E-state index contributed by atoms with van der Waals surface area (Å²) in [5.41, 5.74) is -0.402. The Kier molecular flexibility index (Phi) is 4.54. The van der Waals surface area contributed by atoms with E-state index >= 15 is 0 Å². The third-order valence-corrected chi connectivity index (χ3v) is 2.97. The average Bonchev–Trinajstić information content (AvgIpc) is 2.90. The van der Waals surface area contributed by atoms with Crippen molar-refractivity contribution in [3.05, 3.63) is 47.6 Å². The maximum absolute atomic E-state index is 11.7. The van der Waals surface area contributed by atoms with E-state index in [1.807, 2.05) is 30.3 Å². The lowest BCUT2D eigenvalue weighted by Crippen LogP contribution is -2.43. The van der Waals surface area contributed by atoms with Crippen molar-refractivity contribution < 1.29 is 14.4 Å². The summed E-state index contributed by atoms with van der Waals surface area (Å²) in [6.45, 7) is 3.57. The molecule has 0 saturated heterocycles. The smallest absolute Gasteiger partial charge is 0.315 e. The zero-order valence-electron chi connectivity index (χ0n) is 12.0. The van der Waals surface area contributed by atoms with Crippen LogP contribution >= 0.6 is 0 Å². The van der Waals surface area contributed by atoms with Gasteiger partial charge < -0.3 is 20.3 Å². The molecule has 1 heterocycles. The van der Waals surface area contributed by atoms with Crippen molar-refractivity contribution in [3.8, 4) is 0 Å². The zero-order chi connectivity index (χ0) is 15.3. The van der Waals surface area contributed by atoms with Crippen LogP contribution in [-0.4, -0.2) is 27.8 Å². The van der Waals surface area contributed by atoms with E-state index in [9.17, 15) is 9.90 Å². The topological polar surface area (TPSA) is 100 Å². The number of rotatable bonds is 5. The van der Waals surface area contributed by atoms with Gasteiger partial charge in [-0.2, -0.15) is 4.98 Å². The van der Waals surface area contributed by atoms with Crippen LogP contribution in [-0.2, 0) is 12.1 Å². The highest BCUT2D eigenvalue weighted by Gasteiger charge is 2.23. The van der Waals surface area contributed by atoms with Crippen LogP contribution in [0, 0.1) is 6.92 Å². The molecule has 2 amide bonds. The number of urea groups is 1. The number of hydrogen-bond donors (Lipinski definition) is 3. The van der Waals surface area contributed by atoms with Crippen molar-refractivity contribution in [3.63, 3.8) is 0 Å². The van der Waals surface area contributed by atoms with Crippen LogP contribution in [0.2, 0.25) is 0 Å². The minimum atomic E-state index is -1.14. The fourth-order valence-corrected chi connectivity index (χ4v) is 1.79. The monoisotopic (exact) mass is 290 g/mol. The van der Waals surface area contributed by atoms with Crippen LogP contribution in [0.3, 0.4) is 0 Å². The summed E-state index contributed by atoms with van der Waals surface area (Å²) in [4.78, 5) is 15.7. The van der Waals surface area contributed by atoms with Crippen LogP contribution in [0.4, 0.5) is 4.79 Å². The molecule has 1 atom stereocenters. The number of benzene rings is 1. The highest BCUT2D eigenvalue weighted by atomic mass is 16.5. The molecule has 3 N–H and O–H groups in total. The van der Waals surface area contributed by atoms with Gasteiger partial charge in [-0.1, -0.05) is 35.5 Å². The second kappa shape index (κ2) is 6.36. The van der Waals surface area contributed by atoms with Crippen LogP contribution < -0.4 is 10.6 Å². The van der Waals surface area contributed by atoms with Crippen LogP contribution in [0.1, 0.15) is 24.2 Å².